The molecule has 3 saturated carbocycles. The van der Waals surface area contributed by atoms with Crippen LogP contribution >= 0.6 is 0 Å². The van der Waals surface area contributed by atoms with Crippen LogP contribution in [0.5, 0.6) is 0 Å². The number of hydrogen-bond acceptors (Lipinski definition) is 7. The van der Waals surface area contributed by atoms with Crippen molar-refractivity contribution >= 4 is 18.1 Å². The molecular weight excluding hydrogens is 349 g/mol. The maximum Gasteiger partial charge on any atom is 0.511 e. The number of rotatable bonds is 5. The molecule has 0 amide bonds. The normalized spacial score (nSPS) is 37.3. The number of fused-ring (bicyclic) bond motifs is 1. The van der Waals surface area contributed by atoms with E-state index in [0.29, 0.717) is 0 Å². The molecule has 0 radical (unpaired) electrons. The molecule has 0 aliphatic heterocycles. The van der Waals surface area contributed by atoms with Gasteiger partial charge in [-0.2, -0.15) is 0 Å². The fourth-order valence-corrected chi connectivity index (χ4v) is 4.31. The lowest BCUT2D eigenvalue weighted by Crippen LogP contribution is -2.56. The standard InChI is InChI=1S/C17H24FNO7/c1-8(25-16(23)26-9-5-3-2-4-6-9)24-14(20)12-10-7-11(18)17(19,13(10)12)15(21)22/h8-13H,2-7,19H2,1H3,(H,21,22)/t8?,10-,11-,12-,13-,17-/m0/s1. The van der Waals surface area contributed by atoms with E-state index in [1.807, 2.05) is 0 Å². The summed E-state index contributed by atoms with van der Waals surface area (Å²) < 4.78 is 29.0. The predicted octanol–water partition coefficient (Wildman–Crippen LogP) is 1.75. The lowest BCUT2D eigenvalue weighted by Gasteiger charge is -2.25. The first-order chi connectivity index (χ1) is 12.2. The number of alkyl halides is 1. The minimum absolute atomic E-state index is 0.0911. The molecule has 1 unspecified atom stereocenters. The minimum Gasteiger partial charge on any atom is -0.480 e. The highest BCUT2D eigenvalue weighted by Gasteiger charge is 2.75. The highest BCUT2D eigenvalue weighted by Crippen LogP contribution is 2.62. The molecule has 0 aromatic heterocycles. The molecule has 3 N–H and O–H groups in total. The molecule has 9 heteroatoms. The average Bonchev–Trinajstić information content (AvgIpc) is 3.21. The van der Waals surface area contributed by atoms with E-state index in [1.54, 1.807) is 0 Å². The number of hydrogen-bond donors (Lipinski definition) is 2. The molecule has 3 rings (SSSR count). The van der Waals surface area contributed by atoms with Gasteiger partial charge in [0, 0.05) is 12.8 Å². The van der Waals surface area contributed by atoms with Crippen LogP contribution in [0.3, 0.4) is 0 Å². The largest absolute Gasteiger partial charge is 0.511 e. The number of nitrogens with two attached hydrogens (primary N) is 1. The van der Waals surface area contributed by atoms with Crippen LogP contribution in [0.2, 0.25) is 0 Å². The summed E-state index contributed by atoms with van der Waals surface area (Å²) >= 11 is 0. The van der Waals surface area contributed by atoms with Crippen molar-refractivity contribution in [3.8, 4) is 0 Å². The molecule has 0 saturated heterocycles. The third kappa shape index (κ3) is 3.36. The van der Waals surface area contributed by atoms with Crippen molar-refractivity contribution in [1.82, 2.24) is 0 Å². The molecule has 6 atom stereocenters. The highest BCUT2D eigenvalue weighted by molar-refractivity contribution is 5.86. The van der Waals surface area contributed by atoms with Crippen molar-refractivity contribution in [3.63, 3.8) is 0 Å². The zero-order chi connectivity index (χ0) is 19.1. The SMILES string of the molecule is CC(OC(=O)OC1CCCCC1)OC(=O)[C@H]1[C@@H]2C[C@H](F)[C@@](N)(C(=O)O)[C@@H]21. The summed E-state index contributed by atoms with van der Waals surface area (Å²) in [4.78, 5) is 35.2. The van der Waals surface area contributed by atoms with E-state index in [2.05, 4.69) is 0 Å². The van der Waals surface area contributed by atoms with Gasteiger partial charge in [0.05, 0.1) is 5.92 Å². The first-order valence-corrected chi connectivity index (χ1v) is 8.99. The lowest BCUT2D eigenvalue weighted by atomic mass is 9.90. The minimum atomic E-state index is -2.07. The van der Waals surface area contributed by atoms with Gasteiger partial charge < -0.3 is 25.1 Å². The Morgan fingerprint density at radius 1 is 1.19 bits per heavy atom. The Bertz CT molecular complexity index is 594. The van der Waals surface area contributed by atoms with Gasteiger partial charge >= 0.3 is 18.1 Å². The quantitative estimate of drug-likeness (QED) is 0.551. The van der Waals surface area contributed by atoms with Gasteiger partial charge in [0.25, 0.3) is 0 Å². The van der Waals surface area contributed by atoms with E-state index in [9.17, 15) is 23.9 Å². The number of carboxylic acid groups (broad SMARTS) is 1. The van der Waals surface area contributed by atoms with Gasteiger partial charge in [-0.3, -0.25) is 9.59 Å². The predicted molar refractivity (Wildman–Crippen MR) is 84.5 cm³/mol. The molecular formula is C17H24FNO7. The Morgan fingerprint density at radius 2 is 1.85 bits per heavy atom. The zero-order valence-corrected chi connectivity index (χ0v) is 14.6. The van der Waals surface area contributed by atoms with E-state index >= 15 is 0 Å². The second kappa shape index (κ2) is 7.02. The first kappa shape index (κ1) is 18.9. The van der Waals surface area contributed by atoms with Crippen molar-refractivity contribution in [2.24, 2.45) is 23.5 Å². The van der Waals surface area contributed by atoms with E-state index in [4.69, 9.17) is 19.9 Å². The molecule has 146 valence electrons. The van der Waals surface area contributed by atoms with Crippen LogP contribution in [0.25, 0.3) is 0 Å². The van der Waals surface area contributed by atoms with Gasteiger partial charge in [-0.15, -0.1) is 0 Å². The number of carboxylic acids is 1. The summed E-state index contributed by atoms with van der Waals surface area (Å²) in [5.41, 5.74) is 3.62. The Kier molecular flexibility index (Phi) is 5.09. The van der Waals surface area contributed by atoms with E-state index in [0.717, 1.165) is 32.1 Å². The van der Waals surface area contributed by atoms with Crippen molar-refractivity contribution in [2.45, 2.75) is 69.6 Å². The Balaban J connectivity index is 1.47. The van der Waals surface area contributed by atoms with Gasteiger partial charge in [0.1, 0.15) is 17.8 Å². The monoisotopic (exact) mass is 373 g/mol. The van der Waals surface area contributed by atoms with Crippen molar-refractivity contribution in [1.29, 1.82) is 0 Å². The van der Waals surface area contributed by atoms with Crippen LogP contribution in [-0.2, 0) is 23.8 Å². The Hall–Kier alpha value is -1.90. The number of aliphatic carboxylic acids is 1. The summed E-state index contributed by atoms with van der Waals surface area (Å²) in [7, 11) is 0. The molecule has 3 aliphatic carbocycles. The fourth-order valence-electron chi connectivity index (χ4n) is 4.31. The molecule has 0 bridgehead atoms. The topological polar surface area (TPSA) is 125 Å². The van der Waals surface area contributed by atoms with Crippen LogP contribution in [0.15, 0.2) is 0 Å². The number of esters is 1. The number of ether oxygens (including phenoxy) is 3. The lowest BCUT2D eigenvalue weighted by molar-refractivity contribution is -0.172. The molecule has 0 aromatic carbocycles. The maximum atomic E-state index is 13.9. The van der Waals surface area contributed by atoms with E-state index in [1.165, 1.54) is 6.92 Å². The Labute approximate surface area is 150 Å². The highest BCUT2D eigenvalue weighted by atomic mass is 19.1. The first-order valence-electron chi connectivity index (χ1n) is 8.99. The van der Waals surface area contributed by atoms with E-state index in [-0.39, 0.29) is 12.5 Å². The van der Waals surface area contributed by atoms with Crippen LogP contribution in [-0.4, -0.2) is 47.3 Å². The number of carbonyl (C=O) groups excluding carboxylic acids is 2. The molecule has 0 spiro atoms. The summed E-state index contributed by atoms with van der Waals surface area (Å²) in [6.07, 6.45) is 0.612. The third-order valence-corrected chi connectivity index (χ3v) is 5.72. The maximum absolute atomic E-state index is 13.9. The smallest absolute Gasteiger partial charge is 0.480 e. The molecule has 26 heavy (non-hydrogen) atoms. The average molecular weight is 373 g/mol. The molecule has 0 aromatic rings. The van der Waals surface area contributed by atoms with Crippen molar-refractivity contribution in [3.05, 3.63) is 0 Å². The molecule has 0 heterocycles. The second-order valence-electron chi connectivity index (χ2n) is 7.41. The van der Waals surface area contributed by atoms with Gasteiger partial charge in [-0.05, 0) is 38.0 Å². The molecule has 3 aliphatic rings. The van der Waals surface area contributed by atoms with Gasteiger partial charge in [-0.25, -0.2) is 9.18 Å². The Morgan fingerprint density at radius 3 is 2.46 bits per heavy atom. The van der Waals surface area contributed by atoms with Crippen molar-refractivity contribution < 1.29 is 38.1 Å². The number of halogens is 1. The number of carbonyl (C=O) groups is 3. The molecule has 8 nitrogen and oxygen atoms in total. The third-order valence-electron chi connectivity index (χ3n) is 5.72. The van der Waals surface area contributed by atoms with Crippen molar-refractivity contribution in [2.75, 3.05) is 0 Å². The summed E-state index contributed by atoms with van der Waals surface area (Å²) in [5, 5.41) is 9.19. The fraction of sp³-hybridized carbons (Fsp3) is 0.824. The van der Waals surface area contributed by atoms with Gasteiger partial charge in [-0.1, -0.05) is 6.42 Å². The van der Waals surface area contributed by atoms with Crippen LogP contribution in [0.4, 0.5) is 9.18 Å². The van der Waals surface area contributed by atoms with E-state index < -0.39 is 53.8 Å². The summed E-state index contributed by atoms with van der Waals surface area (Å²) in [6.45, 7) is 1.36. The second-order valence-corrected chi connectivity index (χ2v) is 7.41. The zero-order valence-electron chi connectivity index (χ0n) is 14.6. The summed E-state index contributed by atoms with van der Waals surface area (Å²) in [5.74, 6) is -4.25. The van der Waals surface area contributed by atoms with Crippen LogP contribution in [0.1, 0.15) is 45.4 Å². The van der Waals surface area contributed by atoms with Crippen LogP contribution in [0, 0.1) is 17.8 Å². The van der Waals surface area contributed by atoms with Gasteiger partial charge in [0.15, 0.2) is 0 Å². The molecule has 3 fully saturated rings. The van der Waals surface area contributed by atoms with Crippen LogP contribution < -0.4 is 5.73 Å². The van der Waals surface area contributed by atoms with Gasteiger partial charge in [0.2, 0.25) is 6.29 Å². The summed E-state index contributed by atoms with van der Waals surface area (Å²) in [6, 6.07) is 0.